The second-order valence-electron chi connectivity index (χ2n) is 6.04. The van der Waals surface area contributed by atoms with Gasteiger partial charge in [-0.15, -0.1) is 0 Å². The fourth-order valence-corrected chi connectivity index (χ4v) is 2.44. The molecular formula is C16H20BNO6. The van der Waals surface area contributed by atoms with Crippen LogP contribution in [0.15, 0.2) is 24.3 Å². The predicted molar refractivity (Wildman–Crippen MR) is 86.2 cm³/mol. The van der Waals surface area contributed by atoms with E-state index in [0.717, 1.165) is 12.8 Å². The zero-order chi connectivity index (χ0) is 17.7. The Labute approximate surface area is 139 Å². The number of amides is 1. The number of benzene rings is 1. The summed E-state index contributed by atoms with van der Waals surface area (Å²) in [4.78, 5) is 34.4. The number of carboxylic acids is 1. The molecule has 0 spiro atoms. The molecule has 8 heteroatoms. The van der Waals surface area contributed by atoms with E-state index < -0.39 is 24.9 Å². The van der Waals surface area contributed by atoms with Crippen LogP contribution < -0.4 is 5.32 Å². The second kappa shape index (κ2) is 8.07. The lowest BCUT2D eigenvalue weighted by Crippen LogP contribution is -2.48. The Bertz CT molecular complexity index is 629. The zero-order valence-corrected chi connectivity index (χ0v) is 13.1. The SMILES string of the molecule is O=C(CCC(=O)C1CC1)NC(Cc1cccc(C(=O)O)c1)B(O)O. The van der Waals surface area contributed by atoms with Crippen molar-refractivity contribution in [2.75, 3.05) is 0 Å². The highest BCUT2D eigenvalue weighted by Crippen LogP contribution is 2.31. The highest BCUT2D eigenvalue weighted by molar-refractivity contribution is 6.43. The lowest BCUT2D eigenvalue weighted by molar-refractivity contribution is -0.126. The first-order valence-electron chi connectivity index (χ1n) is 7.87. The molecule has 1 aliphatic carbocycles. The van der Waals surface area contributed by atoms with E-state index in [4.69, 9.17) is 5.11 Å². The van der Waals surface area contributed by atoms with E-state index in [-0.39, 0.29) is 36.5 Å². The molecule has 2 rings (SSSR count). The van der Waals surface area contributed by atoms with E-state index in [1.54, 1.807) is 12.1 Å². The molecule has 4 N–H and O–H groups in total. The topological polar surface area (TPSA) is 124 Å². The number of nitrogens with one attached hydrogen (secondary N) is 1. The van der Waals surface area contributed by atoms with Gasteiger partial charge in [0.2, 0.25) is 5.91 Å². The van der Waals surface area contributed by atoms with Gasteiger partial charge in [0.15, 0.2) is 0 Å². The molecule has 0 aromatic heterocycles. The van der Waals surface area contributed by atoms with Gasteiger partial charge in [-0.1, -0.05) is 12.1 Å². The molecule has 1 aromatic rings. The van der Waals surface area contributed by atoms with Crippen LogP contribution in [0.4, 0.5) is 0 Å². The third kappa shape index (κ3) is 5.47. The molecule has 0 heterocycles. The largest absolute Gasteiger partial charge is 0.478 e. The van der Waals surface area contributed by atoms with Crippen molar-refractivity contribution >= 4 is 24.8 Å². The number of hydrogen-bond donors (Lipinski definition) is 4. The van der Waals surface area contributed by atoms with Crippen LogP contribution in [0.3, 0.4) is 0 Å². The van der Waals surface area contributed by atoms with Crippen LogP contribution in [0.1, 0.15) is 41.6 Å². The van der Waals surface area contributed by atoms with Gasteiger partial charge in [-0.25, -0.2) is 4.79 Å². The molecular weight excluding hydrogens is 313 g/mol. The van der Waals surface area contributed by atoms with Crippen LogP contribution in [0.2, 0.25) is 0 Å². The number of hydrogen-bond acceptors (Lipinski definition) is 5. The minimum atomic E-state index is -1.79. The molecule has 0 saturated heterocycles. The Morgan fingerprint density at radius 2 is 1.92 bits per heavy atom. The highest BCUT2D eigenvalue weighted by atomic mass is 16.4. The van der Waals surface area contributed by atoms with E-state index in [1.807, 2.05) is 0 Å². The summed E-state index contributed by atoms with van der Waals surface area (Å²) in [6.45, 7) is 0. The third-order valence-corrected chi connectivity index (χ3v) is 3.97. The van der Waals surface area contributed by atoms with Crippen LogP contribution in [0.25, 0.3) is 0 Å². The van der Waals surface area contributed by atoms with Crippen LogP contribution in [-0.4, -0.2) is 45.9 Å². The summed E-state index contributed by atoms with van der Waals surface area (Å²) in [5, 5.41) is 30.3. The number of rotatable bonds is 9. The van der Waals surface area contributed by atoms with Crippen LogP contribution in [0, 0.1) is 5.92 Å². The average Bonchev–Trinajstić information content (AvgIpc) is 3.37. The van der Waals surface area contributed by atoms with Gasteiger partial charge in [-0.3, -0.25) is 9.59 Å². The quantitative estimate of drug-likeness (QED) is 0.478. The first kappa shape index (κ1) is 18.2. The third-order valence-electron chi connectivity index (χ3n) is 3.97. The minimum Gasteiger partial charge on any atom is -0.478 e. The van der Waals surface area contributed by atoms with Gasteiger partial charge in [0, 0.05) is 18.8 Å². The first-order chi connectivity index (χ1) is 11.4. The molecule has 1 amide bonds. The highest BCUT2D eigenvalue weighted by Gasteiger charge is 2.30. The molecule has 0 bridgehead atoms. The molecule has 1 fully saturated rings. The van der Waals surface area contributed by atoms with Gasteiger partial charge in [-0.05, 0) is 37.0 Å². The number of ketones is 1. The molecule has 0 radical (unpaired) electrons. The van der Waals surface area contributed by atoms with Crippen molar-refractivity contribution in [1.82, 2.24) is 5.32 Å². The van der Waals surface area contributed by atoms with Crippen molar-refractivity contribution in [2.24, 2.45) is 5.92 Å². The Hall–Kier alpha value is -2.19. The summed E-state index contributed by atoms with van der Waals surface area (Å²) in [5.41, 5.74) is 0.641. The van der Waals surface area contributed by atoms with Gasteiger partial charge in [-0.2, -0.15) is 0 Å². The number of carbonyl (C=O) groups is 3. The molecule has 128 valence electrons. The fourth-order valence-electron chi connectivity index (χ4n) is 2.44. The first-order valence-corrected chi connectivity index (χ1v) is 7.87. The van der Waals surface area contributed by atoms with Crippen molar-refractivity contribution in [3.05, 3.63) is 35.4 Å². The molecule has 0 aliphatic heterocycles. The van der Waals surface area contributed by atoms with Crippen molar-refractivity contribution in [1.29, 1.82) is 0 Å². The van der Waals surface area contributed by atoms with Gasteiger partial charge in [0.25, 0.3) is 0 Å². The molecule has 24 heavy (non-hydrogen) atoms. The van der Waals surface area contributed by atoms with Gasteiger partial charge in [0.05, 0.1) is 11.5 Å². The monoisotopic (exact) mass is 333 g/mol. The maximum absolute atomic E-state index is 11.9. The molecule has 1 unspecified atom stereocenters. The van der Waals surface area contributed by atoms with Crippen LogP contribution in [0.5, 0.6) is 0 Å². The summed E-state index contributed by atoms with van der Waals surface area (Å²) in [6, 6.07) is 6.04. The molecule has 7 nitrogen and oxygen atoms in total. The standard InChI is InChI=1S/C16H20BNO6/c19-13(11-4-5-11)6-7-15(20)18-14(17(23)24)9-10-2-1-3-12(8-10)16(21)22/h1-3,8,11,14,23-24H,4-7,9H2,(H,18,20)(H,21,22). The number of Topliss-reactive ketones (excluding diaryl/α,β-unsaturated/α-hetero) is 1. The van der Waals surface area contributed by atoms with E-state index in [1.165, 1.54) is 12.1 Å². The molecule has 1 aliphatic rings. The Kier molecular flexibility index (Phi) is 6.11. The zero-order valence-electron chi connectivity index (χ0n) is 13.1. The summed E-state index contributed by atoms with van der Waals surface area (Å²) in [5.74, 6) is -2.33. The normalized spacial score (nSPS) is 14.8. The Morgan fingerprint density at radius 3 is 2.50 bits per heavy atom. The maximum atomic E-state index is 11.9. The lowest BCUT2D eigenvalue weighted by Gasteiger charge is -2.18. The van der Waals surface area contributed by atoms with E-state index in [9.17, 15) is 24.4 Å². The van der Waals surface area contributed by atoms with E-state index >= 15 is 0 Å². The van der Waals surface area contributed by atoms with Crippen molar-refractivity contribution in [3.63, 3.8) is 0 Å². The van der Waals surface area contributed by atoms with Crippen LogP contribution in [-0.2, 0) is 16.0 Å². The summed E-state index contributed by atoms with van der Waals surface area (Å²) in [7, 11) is -1.79. The second-order valence-corrected chi connectivity index (χ2v) is 6.04. The summed E-state index contributed by atoms with van der Waals surface area (Å²) >= 11 is 0. The Morgan fingerprint density at radius 1 is 1.21 bits per heavy atom. The van der Waals surface area contributed by atoms with Crippen molar-refractivity contribution in [3.8, 4) is 0 Å². The minimum absolute atomic E-state index is 0.00766. The smallest absolute Gasteiger partial charge is 0.475 e. The fraction of sp³-hybridized carbons (Fsp3) is 0.438. The van der Waals surface area contributed by atoms with E-state index in [2.05, 4.69) is 5.32 Å². The average molecular weight is 333 g/mol. The van der Waals surface area contributed by atoms with E-state index in [0.29, 0.717) is 5.56 Å². The van der Waals surface area contributed by atoms with Crippen molar-refractivity contribution < 1.29 is 29.5 Å². The molecule has 1 saturated carbocycles. The van der Waals surface area contributed by atoms with Gasteiger partial charge >= 0.3 is 13.1 Å². The van der Waals surface area contributed by atoms with Gasteiger partial charge < -0.3 is 20.5 Å². The number of carboxylic acid groups (broad SMARTS) is 1. The molecule has 1 atom stereocenters. The Balaban J connectivity index is 1.91. The summed E-state index contributed by atoms with van der Waals surface area (Å²) in [6.07, 6.45) is 2.00. The lowest BCUT2D eigenvalue weighted by atomic mass is 9.75. The van der Waals surface area contributed by atoms with Gasteiger partial charge in [0.1, 0.15) is 5.78 Å². The van der Waals surface area contributed by atoms with Crippen LogP contribution >= 0.6 is 0 Å². The predicted octanol–water partition coefficient (Wildman–Crippen LogP) is 0.183. The van der Waals surface area contributed by atoms with Crippen molar-refractivity contribution in [2.45, 2.75) is 38.0 Å². The molecule has 1 aromatic carbocycles. The number of carbonyl (C=O) groups excluding carboxylic acids is 2. The summed E-state index contributed by atoms with van der Waals surface area (Å²) < 4.78 is 0. The maximum Gasteiger partial charge on any atom is 0.475 e. The number of aromatic carboxylic acids is 1.